The third kappa shape index (κ3) is 3.89. The van der Waals surface area contributed by atoms with E-state index in [0.717, 1.165) is 11.8 Å². The van der Waals surface area contributed by atoms with E-state index < -0.39 is 0 Å². The van der Waals surface area contributed by atoms with Gasteiger partial charge in [0.15, 0.2) is 0 Å². The highest BCUT2D eigenvalue weighted by Gasteiger charge is 2.31. The summed E-state index contributed by atoms with van der Waals surface area (Å²) in [6, 6.07) is 0.911. The van der Waals surface area contributed by atoms with Crippen molar-refractivity contribution in [3.05, 3.63) is 0 Å². The summed E-state index contributed by atoms with van der Waals surface area (Å²) in [5.41, 5.74) is 0.443. The largest absolute Gasteiger partial charge is 0.300 e. The first-order valence-electron chi connectivity index (χ1n) is 8.30. The second-order valence-electron chi connectivity index (χ2n) is 6.62. The lowest BCUT2D eigenvalue weighted by molar-refractivity contribution is 0.0675. The van der Waals surface area contributed by atoms with Crippen molar-refractivity contribution >= 4 is 12.6 Å². The third-order valence-corrected chi connectivity index (χ3v) is 6.31. The molecule has 0 spiro atoms. The highest BCUT2D eigenvalue weighted by molar-refractivity contribution is 7.80. The highest BCUT2D eigenvalue weighted by Crippen LogP contribution is 2.30. The van der Waals surface area contributed by atoms with Crippen LogP contribution in [0.1, 0.15) is 52.4 Å². The summed E-state index contributed by atoms with van der Waals surface area (Å²) < 4.78 is 0. The van der Waals surface area contributed by atoms with Crippen LogP contribution in [0.3, 0.4) is 0 Å². The Balaban J connectivity index is 1.79. The Morgan fingerprint density at radius 3 is 2.05 bits per heavy atom. The first kappa shape index (κ1) is 15.7. The quantitative estimate of drug-likeness (QED) is 0.748. The van der Waals surface area contributed by atoms with Crippen LogP contribution >= 0.6 is 12.6 Å². The van der Waals surface area contributed by atoms with E-state index in [1.54, 1.807) is 0 Å². The van der Waals surface area contributed by atoms with Gasteiger partial charge >= 0.3 is 0 Å². The Morgan fingerprint density at radius 1 is 1.00 bits per heavy atom. The SMILES string of the molecule is CCC(CC)(CS)CN1CCN(C2CCCC2)CC1. The van der Waals surface area contributed by atoms with E-state index in [0.29, 0.717) is 5.41 Å². The molecule has 19 heavy (non-hydrogen) atoms. The molecule has 2 fully saturated rings. The van der Waals surface area contributed by atoms with Gasteiger partial charge in [0.25, 0.3) is 0 Å². The molecule has 0 radical (unpaired) electrons. The molecule has 2 nitrogen and oxygen atoms in total. The highest BCUT2D eigenvalue weighted by atomic mass is 32.1. The Morgan fingerprint density at radius 2 is 1.58 bits per heavy atom. The Hall–Kier alpha value is 0.270. The van der Waals surface area contributed by atoms with E-state index in [9.17, 15) is 0 Å². The molecule has 0 amide bonds. The van der Waals surface area contributed by atoms with Gasteiger partial charge in [-0.3, -0.25) is 4.90 Å². The van der Waals surface area contributed by atoms with Gasteiger partial charge in [0.1, 0.15) is 0 Å². The number of thiol groups is 1. The summed E-state index contributed by atoms with van der Waals surface area (Å²) in [7, 11) is 0. The van der Waals surface area contributed by atoms with Crippen LogP contribution in [-0.2, 0) is 0 Å². The summed E-state index contributed by atoms with van der Waals surface area (Å²) in [5, 5.41) is 0. The number of hydrogen-bond acceptors (Lipinski definition) is 3. The number of nitrogens with zero attached hydrogens (tertiary/aromatic N) is 2. The van der Waals surface area contributed by atoms with Crippen LogP contribution in [0, 0.1) is 5.41 Å². The van der Waals surface area contributed by atoms with Gasteiger partial charge in [0.05, 0.1) is 0 Å². The maximum absolute atomic E-state index is 4.61. The predicted molar refractivity (Wildman–Crippen MR) is 87.1 cm³/mol. The van der Waals surface area contributed by atoms with Crippen molar-refractivity contribution in [2.45, 2.75) is 58.4 Å². The van der Waals surface area contributed by atoms with Crippen LogP contribution in [0.2, 0.25) is 0 Å². The van der Waals surface area contributed by atoms with Crippen molar-refractivity contribution < 1.29 is 0 Å². The van der Waals surface area contributed by atoms with Crippen LogP contribution in [-0.4, -0.2) is 54.3 Å². The molecule has 0 aromatic heterocycles. The van der Waals surface area contributed by atoms with Crippen LogP contribution < -0.4 is 0 Å². The van der Waals surface area contributed by atoms with Crippen LogP contribution in [0.25, 0.3) is 0 Å². The monoisotopic (exact) mass is 284 g/mol. The molecule has 2 rings (SSSR count). The molecule has 2 aliphatic rings. The van der Waals surface area contributed by atoms with Crippen molar-refractivity contribution in [1.29, 1.82) is 0 Å². The van der Waals surface area contributed by atoms with Gasteiger partial charge in [-0.25, -0.2) is 0 Å². The van der Waals surface area contributed by atoms with Gasteiger partial charge in [-0.2, -0.15) is 12.6 Å². The van der Waals surface area contributed by atoms with E-state index in [1.807, 2.05) is 0 Å². The molecule has 112 valence electrons. The van der Waals surface area contributed by atoms with Crippen molar-refractivity contribution in [3.8, 4) is 0 Å². The molecule has 1 saturated heterocycles. The van der Waals surface area contributed by atoms with Crippen LogP contribution in [0.4, 0.5) is 0 Å². The molecule has 1 heterocycles. The van der Waals surface area contributed by atoms with Crippen molar-refractivity contribution in [1.82, 2.24) is 9.80 Å². The van der Waals surface area contributed by atoms with Gasteiger partial charge in [-0.15, -0.1) is 0 Å². The van der Waals surface area contributed by atoms with Crippen molar-refractivity contribution in [3.63, 3.8) is 0 Å². The topological polar surface area (TPSA) is 6.48 Å². The normalized spacial score (nSPS) is 24.2. The fraction of sp³-hybridized carbons (Fsp3) is 1.00. The minimum atomic E-state index is 0.443. The van der Waals surface area contributed by atoms with E-state index in [4.69, 9.17) is 0 Å². The molecular weight excluding hydrogens is 252 g/mol. The van der Waals surface area contributed by atoms with Crippen molar-refractivity contribution in [2.75, 3.05) is 38.5 Å². The second-order valence-corrected chi connectivity index (χ2v) is 6.93. The molecule has 0 aromatic carbocycles. The summed E-state index contributed by atoms with van der Waals surface area (Å²) in [5.74, 6) is 1.03. The van der Waals surface area contributed by atoms with Crippen LogP contribution in [0.15, 0.2) is 0 Å². The summed E-state index contributed by atoms with van der Waals surface area (Å²) >= 11 is 4.61. The molecular formula is C16H32N2S. The smallest absolute Gasteiger partial charge is 0.0113 e. The van der Waals surface area contributed by atoms with E-state index >= 15 is 0 Å². The lowest BCUT2D eigenvalue weighted by Gasteiger charge is -2.42. The lowest BCUT2D eigenvalue weighted by atomic mass is 9.83. The number of piperazine rings is 1. The Bertz CT molecular complexity index is 243. The maximum Gasteiger partial charge on any atom is 0.0113 e. The Kier molecular flexibility index (Phi) is 6.04. The molecule has 1 saturated carbocycles. The zero-order valence-electron chi connectivity index (χ0n) is 12.9. The van der Waals surface area contributed by atoms with E-state index in [2.05, 4.69) is 36.3 Å². The van der Waals surface area contributed by atoms with E-state index in [-0.39, 0.29) is 0 Å². The minimum absolute atomic E-state index is 0.443. The lowest BCUT2D eigenvalue weighted by Crippen LogP contribution is -2.52. The fourth-order valence-electron chi connectivity index (χ4n) is 3.78. The summed E-state index contributed by atoms with van der Waals surface area (Å²) in [6.45, 7) is 11.0. The molecule has 1 aliphatic heterocycles. The zero-order chi connectivity index (χ0) is 13.7. The van der Waals surface area contributed by atoms with Gasteiger partial charge < -0.3 is 4.90 Å². The average Bonchev–Trinajstić information content (AvgIpc) is 3.00. The predicted octanol–water partition coefficient (Wildman–Crippen LogP) is 3.28. The van der Waals surface area contributed by atoms with E-state index in [1.165, 1.54) is 71.2 Å². The summed E-state index contributed by atoms with van der Waals surface area (Å²) in [4.78, 5) is 5.44. The zero-order valence-corrected chi connectivity index (χ0v) is 13.8. The number of rotatable bonds is 6. The molecule has 0 aromatic rings. The molecule has 0 N–H and O–H groups in total. The standard InChI is InChI=1S/C16H32N2S/c1-3-16(4-2,14-19)13-17-9-11-18(12-10-17)15-7-5-6-8-15/h15,19H,3-14H2,1-2H3. The van der Waals surface area contributed by atoms with Crippen molar-refractivity contribution in [2.24, 2.45) is 5.41 Å². The molecule has 0 atom stereocenters. The van der Waals surface area contributed by atoms with Gasteiger partial charge in [-0.05, 0) is 36.9 Å². The minimum Gasteiger partial charge on any atom is -0.300 e. The average molecular weight is 285 g/mol. The third-order valence-electron chi connectivity index (χ3n) is 5.64. The van der Waals surface area contributed by atoms with Crippen LogP contribution in [0.5, 0.6) is 0 Å². The maximum atomic E-state index is 4.61. The van der Waals surface area contributed by atoms with Gasteiger partial charge in [-0.1, -0.05) is 26.7 Å². The first-order valence-corrected chi connectivity index (χ1v) is 8.93. The second kappa shape index (κ2) is 7.33. The Labute approximate surface area is 125 Å². The molecule has 0 unspecified atom stereocenters. The molecule has 3 heteroatoms. The molecule has 1 aliphatic carbocycles. The van der Waals surface area contributed by atoms with Gasteiger partial charge in [0, 0.05) is 38.8 Å². The summed E-state index contributed by atoms with van der Waals surface area (Å²) in [6.07, 6.45) is 8.33. The first-order chi connectivity index (χ1) is 9.23. The fourth-order valence-corrected chi connectivity index (χ4v) is 4.32. The number of hydrogen-bond donors (Lipinski definition) is 1. The van der Waals surface area contributed by atoms with Gasteiger partial charge in [0.2, 0.25) is 0 Å². The molecule has 0 bridgehead atoms.